The van der Waals surface area contributed by atoms with Crippen molar-refractivity contribution in [1.82, 2.24) is 0 Å². The average molecular weight is 274 g/mol. The van der Waals surface area contributed by atoms with Crippen LogP contribution in [0.1, 0.15) is 0 Å². The Labute approximate surface area is 116 Å². The van der Waals surface area contributed by atoms with Crippen molar-refractivity contribution in [2.45, 2.75) is 0 Å². The van der Waals surface area contributed by atoms with E-state index in [4.69, 9.17) is 10.5 Å². The Kier molecular flexibility index (Phi) is 4.20. The van der Waals surface area contributed by atoms with Crippen molar-refractivity contribution in [3.05, 3.63) is 54.3 Å². The van der Waals surface area contributed by atoms with Crippen molar-refractivity contribution < 1.29 is 13.9 Å². The summed E-state index contributed by atoms with van der Waals surface area (Å²) in [7, 11) is 1.50. The number of benzene rings is 2. The van der Waals surface area contributed by atoms with Crippen LogP contribution < -0.4 is 15.4 Å². The molecule has 5 heteroatoms. The second-order valence-electron chi connectivity index (χ2n) is 4.27. The fraction of sp³-hybridized carbons (Fsp3) is 0.133. The minimum atomic E-state index is -0.452. The van der Waals surface area contributed by atoms with Crippen LogP contribution in [0, 0.1) is 5.82 Å². The zero-order valence-corrected chi connectivity index (χ0v) is 11.0. The van der Waals surface area contributed by atoms with Crippen molar-refractivity contribution in [2.75, 3.05) is 24.3 Å². The van der Waals surface area contributed by atoms with E-state index < -0.39 is 5.82 Å². The van der Waals surface area contributed by atoms with Gasteiger partial charge in [-0.3, -0.25) is 4.79 Å². The van der Waals surface area contributed by atoms with E-state index in [1.165, 1.54) is 24.1 Å². The first kappa shape index (κ1) is 13.9. The number of carbonyl (C=O) groups is 1. The molecular formula is C15H15FN2O2. The molecule has 0 aliphatic carbocycles. The molecule has 0 radical (unpaired) electrons. The molecule has 0 aromatic heterocycles. The molecule has 2 aromatic carbocycles. The molecule has 1 amide bonds. The molecule has 4 nitrogen and oxygen atoms in total. The Hall–Kier alpha value is -2.56. The molecule has 0 spiro atoms. The smallest absolute Gasteiger partial charge is 0.264 e. The lowest BCUT2D eigenvalue weighted by molar-refractivity contribution is -0.120. The van der Waals surface area contributed by atoms with Gasteiger partial charge in [-0.1, -0.05) is 18.2 Å². The largest absolute Gasteiger partial charge is 0.484 e. The van der Waals surface area contributed by atoms with E-state index in [9.17, 15) is 9.18 Å². The molecule has 0 bridgehead atoms. The van der Waals surface area contributed by atoms with Gasteiger partial charge in [-0.25, -0.2) is 4.39 Å². The lowest BCUT2D eigenvalue weighted by atomic mass is 10.3. The molecule has 2 aromatic rings. The van der Waals surface area contributed by atoms with Crippen molar-refractivity contribution in [3.8, 4) is 5.75 Å². The number of halogens is 1. The number of anilines is 2. The molecule has 0 aliphatic rings. The van der Waals surface area contributed by atoms with E-state index in [1.807, 2.05) is 0 Å². The second kappa shape index (κ2) is 6.06. The number of likely N-dealkylation sites (N-methyl/N-ethyl adjacent to an activating group) is 1. The third-order valence-corrected chi connectivity index (χ3v) is 2.81. The summed E-state index contributed by atoms with van der Waals surface area (Å²) in [5.41, 5.74) is 6.38. The highest BCUT2D eigenvalue weighted by Crippen LogP contribution is 2.18. The number of rotatable bonds is 4. The van der Waals surface area contributed by atoms with Crippen LogP contribution in [0.4, 0.5) is 15.8 Å². The van der Waals surface area contributed by atoms with E-state index in [0.717, 1.165) is 0 Å². The molecule has 0 heterocycles. The van der Waals surface area contributed by atoms with Gasteiger partial charge in [0.25, 0.3) is 5.91 Å². The third-order valence-electron chi connectivity index (χ3n) is 2.81. The molecule has 0 saturated heterocycles. The number of carbonyl (C=O) groups excluding carboxylic acids is 1. The zero-order valence-electron chi connectivity index (χ0n) is 11.0. The van der Waals surface area contributed by atoms with Gasteiger partial charge in [0.1, 0.15) is 11.6 Å². The van der Waals surface area contributed by atoms with Crippen LogP contribution in [0.3, 0.4) is 0 Å². The van der Waals surface area contributed by atoms with Crippen molar-refractivity contribution >= 4 is 17.3 Å². The van der Waals surface area contributed by atoms with Crippen LogP contribution in [0.15, 0.2) is 48.5 Å². The molecule has 20 heavy (non-hydrogen) atoms. The highest BCUT2D eigenvalue weighted by molar-refractivity contribution is 5.94. The monoisotopic (exact) mass is 274 g/mol. The fourth-order valence-electron chi connectivity index (χ4n) is 1.70. The quantitative estimate of drug-likeness (QED) is 0.871. The maximum Gasteiger partial charge on any atom is 0.264 e. The van der Waals surface area contributed by atoms with Crippen LogP contribution in [-0.4, -0.2) is 19.6 Å². The SMILES string of the molecule is CN(C(=O)COc1cccc(N)c1)c1ccccc1F. The normalized spacial score (nSPS) is 10.1. The van der Waals surface area contributed by atoms with E-state index in [-0.39, 0.29) is 18.2 Å². The molecular weight excluding hydrogens is 259 g/mol. The summed E-state index contributed by atoms with van der Waals surface area (Å²) >= 11 is 0. The van der Waals surface area contributed by atoms with Gasteiger partial charge in [-0.2, -0.15) is 0 Å². The average Bonchev–Trinajstić information content (AvgIpc) is 2.44. The summed E-state index contributed by atoms with van der Waals surface area (Å²) < 4.78 is 18.9. The first-order chi connectivity index (χ1) is 9.58. The van der Waals surface area contributed by atoms with E-state index in [2.05, 4.69) is 0 Å². The number of para-hydroxylation sites is 1. The lowest BCUT2D eigenvalue weighted by Crippen LogP contribution is -2.31. The third kappa shape index (κ3) is 3.26. The Morgan fingerprint density at radius 2 is 2.00 bits per heavy atom. The molecule has 2 N–H and O–H groups in total. The number of nitrogen functional groups attached to an aromatic ring is 1. The minimum absolute atomic E-state index is 0.186. The van der Waals surface area contributed by atoms with Gasteiger partial charge in [0, 0.05) is 18.8 Å². The standard InChI is InChI=1S/C15H15FN2O2/c1-18(14-8-3-2-7-13(14)16)15(19)10-20-12-6-4-5-11(17)9-12/h2-9H,10,17H2,1H3. The number of nitrogens with two attached hydrogens (primary N) is 1. The van der Waals surface area contributed by atoms with E-state index in [0.29, 0.717) is 11.4 Å². The van der Waals surface area contributed by atoms with Gasteiger partial charge in [0.15, 0.2) is 6.61 Å². The summed E-state index contributed by atoms with van der Waals surface area (Å²) in [5, 5.41) is 0. The van der Waals surface area contributed by atoms with Gasteiger partial charge >= 0.3 is 0 Å². The van der Waals surface area contributed by atoms with Crippen LogP contribution in [-0.2, 0) is 4.79 Å². The zero-order chi connectivity index (χ0) is 14.5. The van der Waals surface area contributed by atoms with Crippen LogP contribution in [0.25, 0.3) is 0 Å². The second-order valence-corrected chi connectivity index (χ2v) is 4.27. The van der Waals surface area contributed by atoms with Crippen LogP contribution >= 0.6 is 0 Å². The number of nitrogens with zero attached hydrogens (tertiary/aromatic N) is 1. The van der Waals surface area contributed by atoms with Gasteiger partial charge in [-0.15, -0.1) is 0 Å². The van der Waals surface area contributed by atoms with Crippen molar-refractivity contribution in [2.24, 2.45) is 0 Å². The van der Waals surface area contributed by atoms with Crippen molar-refractivity contribution in [1.29, 1.82) is 0 Å². The number of ether oxygens (including phenoxy) is 1. The van der Waals surface area contributed by atoms with Crippen LogP contribution in [0.5, 0.6) is 5.75 Å². The highest BCUT2D eigenvalue weighted by atomic mass is 19.1. The fourth-order valence-corrected chi connectivity index (χ4v) is 1.70. The van der Waals surface area contributed by atoms with Crippen molar-refractivity contribution in [3.63, 3.8) is 0 Å². The van der Waals surface area contributed by atoms with Gasteiger partial charge in [-0.05, 0) is 24.3 Å². The molecule has 104 valence electrons. The Balaban J connectivity index is 2.00. The molecule has 0 unspecified atom stereocenters. The van der Waals surface area contributed by atoms with Gasteiger partial charge in [0.2, 0.25) is 0 Å². The number of hydrogen-bond acceptors (Lipinski definition) is 3. The first-order valence-electron chi connectivity index (χ1n) is 6.07. The molecule has 2 rings (SSSR count). The number of amides is 1. The van der Waals surface area contributed by atoms with Gasteiger partial charge in [0.05, 0.1) is 5.69 Å². The Bertz CT molecular complexity index is 616. The minimum Gasteiger partial charge on any atom is -0.484 e. The van der Waals surface area contributed by atoms with Crippen LogP contribution in [0.2, 0.25) is 0 Å². The number of hydrogen-bond donors (Lipinski definition) is 1. The maximum absolute atomic E-state index is 13.6. The summed E-state index contributed by atoms with van der Waals surface area (Å²) in [6.45, 7) is -0.186. The first-order valence-corrected chi connectivity index (χ1v) is 6.07. The summed E-state index contributed by atoms with van der Waals surface area (Å²) in [5.74, 6) is -0.301. The predicted molar refractivity (Wildman–Crippen MR) is 76.2 cm³/mol. The molecule has 0 atom stereocenters. The lowest BCUT2D eigenvalue weighted by Gasteiger charge is -2.18. The Morgan fingerprint density at radius 3 is 2.70 bits per heavy atom. The summed E-state index contributed by atoms with van der Waals surface area (Å²) in [6, 6.07) is 12.9. The topological polar surface area (TPSA) is 55.6 Å². The molecule has 0 fully saturated rings. The maximum atomic E-state index is 13.6. The predicted octanol–water partition coefficient (Wildman–Crippen LogP) is 2.45. The Morgan fingerprint density at radius 1 is 1.25 bits per heavy atom. The van der Waals surface area contributed by atoms with E-state index in [1.54, 1.807) is 36.4 Å². The van der Waals surface area contributed by atoms with Gasteiger partial charge < -0.3 is 15.4 Å². The summed E-state index contributed by atoms with van der Waals surface area (Å²) in [4.78, 5) is 13.2. The molecule has 0 aliphatic heterocycles. The molecule has 0 saturated carbocycles. The highest BCUT2D eigenvalue weighted by Gasteiger charge is 2.14. The van der Waals surface area contributed by atoms with E-state index >= 15 is 0 Å². The summed E-state index contributed by atoms with van der Waals surface area (Å²) in [6.07, 6.45) is 0.